The van der Waals surface area contributed by atoms with E-state index in [1.807, 2.05) is 43.3 Å². The van der Waals surface area contributed by atoms with Crippen molar-refractivity contribution in [1.82, 2.24) is 5.01 Å². The molecule has 0 aromatic heterocycles. The molecule has 2 N–H and O–H groups in total. The van der Waals surface area contributed by atoms with Crippen molar-refractivity contribution in [3.8, 4) is 12.3 Å². The Kier molecular flexibility index (Phi) is 2.86. The molecule has 0 saturated heterocycles. The van der Waals surface area contributed by atoms with Crippen LogP contribution in [0, 0.1) is 12.3 Å². The van der Waals surface area contributed by atoms with Gasteiger partial charge in [0.05, 0.1) is 11.4 Å². The number of nitrogens with zero attached hydrogens (tertiary/aromatic N) is 1. The molecule has 0 amide bonds. The van der Waals surface area contributed by atoms with Gasteiger partial charge >= 0.3 is 0 Å². The molecule has 0 radical (unpaired) electrons. The second-order valence-electron chi connectivity index (χ2n) is 3.92. The van der Waals surface area contributed by atoms with Gasteiger partial charge in [-0.15, -0.1) is 6.42 Å². The second kappa shape index (κ2) is 4.32. The maximum Gasteiger partial charge on any atom is 0.0677 e. The van der Waals surface area contributed by atoms with E-state index in [2.05, 4.69) is 12.5 Å². The SMILES string of the molecule is C#CC1=CC(C)=C(c2ccccc2)N(N)C1=C. The molecule has 1 aliphatic heterocycles. The fourth-order valence-corrected chi connectivity index (χ4v) is 1.91. The van der Waals surface area contributed by atoms with Crippen molar-refractivity contribution >= 4 is 5.70 Å². The lowest BCUT2D eigenvalue weighted by molar-refractivity contribution is 0.525. The van der Waals surface area contributed by atoms with Gasteiger partial charge in [-0.05, 0) is 24.1 Å². The van der Waals surface area contributed by atoms with E-state index in [0.717, 1.165) is 22.4 Å². The molecule has 0 spiro atoms. The van der Waals surface area contributed by atoms with E-state index in [9.17, 15) is 0 Å². The molecule has 1 aromatic carbocycles. The first-order valence-electron chi connectivity index (χ1n) is 5.34. The molecule has 1 aliphatic rings. The summed E-state index contributed by atoms with van der Waals surface area (Å²) in [5, 5.41) is 1.56. The molecule has 0 bridgehead atoms. The Hall–Kier alpha value is -2.24. The smallest absolute Gasteiger partial charge is 0.0677 e. The molecule has 0 atom stereocenters. The van der Waals surface area contributed by atoms with Crippen LogP contribution in [0.3, 0.4) is 0 Å². The van der Waals surface area contributed by atoms with Crippen LogP contribution in [0.5, 0.6) is 0 Å². The number of hydrazine groups is 1. The van der Waals surface area contributed by atoms with E-state index in [0.29, 0.717) is 5.70 Å². The van der Waals surface area contributed by atoms with Crippen molar-refractivity contribution in [1.29, 1.82) is 0 Å². The summed E-state index contributed by atoms with van der Waals surface area (Å²) in [5.74, 6) is 8.64. The van der Waals surface area contributed by atoms with Gasteiger partial charge in [-0.1, -0.05) is 42.8 Å². The standard InChI is InChI=1S/C15H14N2/c1-4-13-10-11(2)15(17(16)12(13)3)14-8-6-5-7-9-14/h1,5-10H,3,16H2,2H3. The zero-order chi connectivity index (χ0) is 12.4. The Morgan fingerprint density at radius 3 is 2.53 bits per heavy atom. The van der Waals surface area contributed by atoms with Crippen LogP contribution in [-0.2, 0) is 0 Å². The monoisotopic (exact) mass is 222 g/mol. The fraction of sp³-hybridized carbons (Fsp3) is 0.0667. The fourth-order valence-electron chi connectivity index (χ4n) is 1.91. The molecule has 1 heterocycles. The van der Waals surface area contributed by atoms with Crippen LogP contribution in [0.15, 0.2) is 59.8 Å². The van der Waals surface area contributed by atoms with Gasteiger partial charge in [0, 0.05) is 5.57 Å². The summed E-state index contributed by atoms with van der Waals surface area (Å²) in [6.45, 7) is 5.91. The number of hydrogen-bond acceptors (Lipinski definition) is 2. The highest BCUT2D eigenvalue weighted by molar-refractivity contribution is 5.74. The summed E-state index contributed by atoms with van der Waals surface area (Å²) in [7, 11) is 0. The zero-order valence-electron chi connectivity index (χ0n) is 9.77. The molecule has 0 unspecified atom stereocenters. The number of nitrogens with two attached hydrogens (primary N) is 1. The van der Waals surface area contributed by atoms with Crippen molar-refractivity contribution in [2.45, 2.75) is 6.92 Å². The third-order valence-electron chi connectivity index (χ3n) is 2.78. The number of allylic oxidation sites excluding steroid dienone is 3. The first-order valence-corrected chi connectivity index (χ1v) is 5.34. The molecule has 0 saturated carbocycles. The summed E-state index contributed by atoms with van der Waals surface area (Å²) in [6.07, 6.45) is 7.36. The Bertz CT molecular complexity index is 556. The predicted octanol–water partition coefficient (Wildman–Crippen LogP) is 2.68. The van der Waals surface area contributed by atoms with Crippen molar-refractivity contribution in [3.05, 3.63) is 65.4 Å². The average Bonchev–Trinajstić information content (AvgIpc) is 2.35. The largest absolute Gasteiger partial charge is 0.278 e. The van der Waals surface area contributed by atoms with Crippen LogP contribution in [0.1, 0.15) is 12.5 Å². The van der Waals surface area contributed by atoms with Gasteiger partial charge in [0.25, 0.3) is 0 Å². The maximum absolute atomic E-state index is 6.05. The van der Waals surface area contributed by atoms with Gasteiger partial charge in [-0.3, -0.25) is 5.01 Å². The third kappa shape index (κ3) is 1.89. The lowest BCUT2D eigenvalue weighted by Gasteiger charge is -2.29. The third-order valence-corrected chi connectivity index (χ3v) is 2.78. The predicted molar refractivity (Wildman–Crippen MR) is 71.1 cm³/mol. The van der Waals surface area contributed by atoms with Crippen molar-refractivity contribution in [3.63, 3.8) is 0 Å². The Balaban J connectivity index is 2.58. The van der Waals surface area contributed by atoms with Crippen LogP contribution < -0.4 is 5.84 Å². The number of benzene rings is 1. The highest BCUT2D eigenvalue weighted by Crippen LogP contribution is 2.31. The quantitative estimate of drug-likeness (QED) is 0.584. The number of rotatable bonds is 1. The van der Waals surface area contributed by atoms with Gasteiger partial charge in [0.1, 0.15) is 0 Å². The van der Waals surface area contributed by atoms with E-state index in [-0.39, 0.29) is 0 Å². The molecule has 17 heavy (non-hydrogen) atoms. The lowest BCUT2D eigenvalue weighted by atomic mass is 9.99. The van der Waals surface area contributed by atoms with Crippen LogP contribution in [-0.4, -0.2) is 5.01 Å². The Morgan fingerprint density at radius 2 is 1.94 bits per heavy atom. The van der Waals surface area contributed by atoms with Crippen LogP contribution in [0.25, 0.3) is 5.70 Å². The highest BCUT2D eigenvalue weighted by Gasteiger charge is 2.20. The maximum atomic E-state index is 6.05. The molecular weight excluding hydrogens is 208 g/mol. The van der Waals surface area contributed by atoms with Crippen LogP contribution >= 0.6 is 0 Å². The molecule has 2 rings (SSSR count). The van der Waals surface area contributed by atoms with Gasteiger partial charge in [0.2, 0.25) is 0 Å². The van der Waals surface area contributed by atoms with Crippen LogP contribution in [0.4, 0.5) is 0 Å². The van der Waals surface area contributed by atoms with Crippen molar-refractivity contribution in [2.24, 2.45) is 5.84 Å². The summed E-state index contributed by atoms with van der Waals surface area (Å²) in [5.41, 5.74) is 4.41. The molecule has 1 aromatic rings. The number of terminal acetylenes is 1. The van der Waals surface area contributed by atoms with Gasteiger partial charge in [-0.2, -0.15) is 0 Å². The molecule has 2 heteroatoms. The summed E-state index contributed by atoms with van der Waals surface area (Å²) < 4.78 is 0. The van der Waals surface area contributed by atoms with E-state index in [4.69, 9.17) is 12.3 Å². The van der Waals surface area contributed by atoms with E-state index >= 15 is 0 Å². The summed E-state index contributed by atoms with van der Waals surface area (Å²) in [6, 6.07) is 9.96. The Morgan fingerprint density at radius 1 is 1.29 bits per heavy atom. The normalized spacial score (nSPS) is 15.7. The van der Waals surface area contributed by atoms with E-state index in [1.165, 1.54) is 0 Å². The average molecular weight is 222 g/mol. The molecular formula is C15H14N2. The molecule has 84 valence electrons. The minimum absolute atomic E-state index is 0.650. The zero-order valence-corrected chi connectivity index (χ0v) is 9.77. The van der Waals surface area contributed by atoms with Gasteiger partial charge in [-0.25, -0.2) is 5.84 Å². The van der Waals surface area contributed by atoms with E-state index in [1.54, 1.807) is 5.01 Å². The first kappa shape index (κ1) is 11.3. The molecule has 2 nitrogen and oxygen atoms in total. The first-order chi connectivity index (χ1) is 8.15. The molecule has 0 fully saturated rings. The van der Waals surface area contributed by atoms with Crippen molar-refractivity contribution < 1.29 is 0 Å². The topological polar surface area (TPSA) is 29.3 Å². The van der Waals surface area contributed by atoms with Crippen LogP contribution in [0.2, 0.25) is 0 Å². The second-order valence-corrected chi connectivity index (χ2v) is 3.92. The van der Waals surface area contributed by atoms with E-state index < -0.39 is 0 Å². The summed E-state index contributed by atoms with van der Waals surface area (Å²) in [4.78, 5) is 0. The minimum atomic E-state index is 0.650. The summed E-state index contributed by atoms with van der Waals surface area (Å²) >= 11 is 0. The lowest BCUT2D eigenvalue weighted by Crippen LogP contribution is -2.31. The Labute approximate surface area is 102 Å². The highest BCUT2D eigenvalue weighted by atomic mass is 15.4. The van der Waals surface area contributed by atoms with Gasteiger partial charge < -0.3 is 0 Å². The van der Waals surface area contributed by atoms with Gasteiger partial charge in [0.15, 0.2) is 0 Å². The van der Waals surface area contributed by atoms with Crippen molar-refractivity contribution in [2.75, 3.05) is 0 Å². The molecule has 0 aliphatic carbocycles. The number of hydrogen-bond donors (Lipinski definition) is 1. The minimum Gasteiger partial charge on any atom is -0.278 e.